The minimum atomic E-state index is -1.87. The topological polar surface area (TPSA) is 32.7 Å². The highest BCUT2D eigenvalue weighted by atomic mass is 16.5. The van der Waals surface area contributed by atoms with Crippen molar-refractivity contribution >= 4 is 0 Å². The molecule has 0 fully saturated rings. The first kappa shape index (κ1) is 15.3. The molecule has 0 heterocycles. The Balaban J connectivity index is 2.21. The first-order chi connectivity index (χ1) is 16.1. The smallest absolute Gasteiger partial charge is 0.121 e. The Bertz CT molecular complexity index is 1090. The molecule has 29 heavy (non-hydrogen) atoms. The van der Waals surface area contributed by atoms with Crippen molar-refractivity contribution in [3.05, 3.63) is 101 Å². The van der Waals surface area contributed by atoms with Crippen molar-refractivity contribution in [3.8, 4) is 5.75 Å². The van der Waals surface area contributed by atoms with Crippen LogP contribution in [0.1, 0.15) is 42.8 Å². The fourth-order valence-electron chi connectivity index (χ4n) is 3.57. The lowest BCUT2D eigenvalue weighted by Gasteiger charge is -2.37. The normalized spacial score (nSPS) is 16.8. The second-order valence-corrected chi connectivity index (χ2v) is 7.31. The van der Waals surface area contributed by atoms with E-state index in [0.29, 0.717) is 24.3 Å². The van der Waals surface area contributed by atoms with E-state index in [1.54, 1.807) is 24.3 Å². The van der Waals surface area contributed by atoms with Crippen LogP contribution >= 0.6 is 0 Å². The third-order valence-corrected chi connectivity index (χ3v) is 5.10. The Hall–Kier alpha value is -2.62. The van der Waals surface area contributed by atoms with E-state index in [1.807, 2.05) is 56.3 Å². The van der Waals surface area contributed by atoms with Crippen LogP contribution in [-0.4, -0.2) is 37.3 Å². The number of likely N-dealkylation sites (N-methyl/N-ethyl adjacent to an activating group) is 1. The van der Waals surface area contributed by atoms with Crippen LogP contribution in [0, 0.1) is 0 Å². The van der Waals surface area contributed by atoms with E-state index in [2.05, 4.69) is 0 Å². The van der Waals surface area contributed by atoms with Gasteiger partial charge < -0.3 is 14.7 Å². The third kappa shape index (κ3) is 4.87. The molecule has 0 saturated carbocycles. The predicted octanol–water partition coefficient (Wildman–Crippen LogP) is 5.06. The minimum absolute atomic E-state index is 0.129. The van der Waals surface area contributed by atoms with Crippen molar-refractivity contribution in [1.82, 2.24) is 4.90 Å². The van der Waals surface area contributed by atoms with Crippen LogP contribution in [0.25, 0.3) is 0 Å². The molecule has 1 N–H and O–H groups in total. The van der Waals surface area contributed by atoms with Crippen molar-refractivity contribution in [2.75, 3.05) is 27.2 Å². The second-order valence-electron chi connectivity index (χ2n) is 7.31. The Kier molecular flexibility index (Phi) is 5.12. The first-order valence-corrected chi connectivity index (χ1v) is 9.85. The predicted molar refractivity (Wildman–Crippen MR) is 119 cm³/mol. The lowest BCUT2D eigenvalue weighted by Crippen LogP contribution is -2.34. The molecule has 0 radical (unpaired) electrons. The van der Waals surface area contributed by atoms with Gasteiger partial charge in [-0.2, -0.15) is 0 Å². The summed E-state index contributed by atoms with van der Waals surface area (Å²) < 4.78 is 47.3. The quantitative estimate of drug-likeness (QED) is 0.551. The molecule has 3 rings (SSSR count). The number of benzene rings is 3. The van der Waals surface area contributed by atoms with Gasteiger partial charge in [0.25, 0.3) is 0 Å². The van der Waals surface area contributed by atoms with E-state index in [4.69, 9.17) is 11.6 Å². The highest BCUT2D eigenvalue weighted by Crippen LogP contribution is 2.44. The number of nitrogens with zero attached hydrogens (tertiary/aromatic N) is 1. The zero-order valence-corrected chi connectivity index (χ0v) is 17.2. The summed E-state index contributed by atoms with van der Waals surface area (Å²) in [4.78, 5) is 2.01. The Morgan fingerprint density at radius 3 is 2.21 bits per heavy atom. The fourth-order valence-corrected chi connectivity index (χ4v) is 3.57. The number of hydrogen-bond acceptors (Lipinski definition) is 3. The third-order valence-electron chi connectivity index (χ3n) is 5.10. The van der Waals surface area contributed by atoms with Gasteiger partial charge in [-0.3, -0.25) is 0 Å². The summed E-state index contributed by atoms with van der Waals surface area (Å²) in [5.74, 6) is 0.0690. The van der Waals surface area contributed by atoms with E-state index in [9.17, 15) is 5.11 Å². The summed E-state index contributed by atoms with van der Waals surface area (Å²) in [6, 6.07) is 14.0. The second kappa shape index (κ2) is 9.73. The molecule has 3 heteroatoms. The first-order valence-electron chi connectivity index (χ1n) is 12.4. The van der Waals surface area contributed by atoms with Gasteiger partial charge in [0.15, 0.2) is 0 Å². The van der Waals surface area contributed by atoms with Gasteiger partial charge in [-0.1, -0.05) is 79.6 Å². The molecule has 0 bridgehead atoms. The minimum Gasteiger partial charge on any atom is -0.492 e. The van der Waals surface area contributed by atoms with Gasteiger partial charge in [0, 0.05) is 12.5 Å². The van der Waals surface area contributed by atoms with E-state index < -0.39 is 41.7 Å². The molecule has 0 aliphatic carbocycles. The van der Waals surface area contributed by atoms with Crippen molar-refractivity contribution in [1.29, 1.82) is 0 Å². The molecule has 152 valence electrons. The molecule has 0 spiro atoms. The van der Waals surface area contributed by atoms with Crippen molar-refractivity contribution in [2.24, 2.45) is 0 Å². The standard InChI is InChI=1S/C26H31NO2/c1-4-25(21-11-7-5-8-12-21)26(28,22-13-9-6-10-14-22)23-15-17-24(18-16-23)29-20-19-27(2)3/h5-18,25,28H,4,19-20H2,1-3H3/i6D,9D,10D,13D,14D. The van der Waals surface area contributed by atoms with Gasteiger partial charge in [-0.25, -0.2) is 0 Å². The molecule has 3 aromatic carbocycles. The van der Waals surface area contributed by atoms with Gasteiger partial charge in [0.1, 0.15) is 18.0 Å². The highest BCUT2D eigenvalue weighted by Gasteiger charge is 2.40. The van der Waals surface area contributed by atoms with Gasteiger partial charge in [0.2, 0.25) is 0 Å². The average Bonchev–Trinajstić information content (AvgIpc) is 2.83. The van der Waals surface area contributed by atoms with Crippen LogP contribution in [0.3, 0.4) is 0 Å². The van der Waals surface area contributed by atoms with Crippen LogP contribution in [-0.2, 0) is 5.60 Å². The molecule has 2 unspecified atom stereocenters. The summed E-state index contributed by atoms with van der Waals surface area (Å²) in [7, 11) is 3.92. The molecule has 3 nitrogen and oxygen atoms in total. The molecule has 0 saturated heterocycles. The largest absolute Gasteiger partial charge is 0.492 e. The summed E-state index contributed by atoms with van der Waals surface area (Å²) in [5, 5.41) is 12.4. The van der Waals surface area contributed by atoms with Crippen molar-refractivity contribution < 1.29 is 16.7 Å². The molecule has 3 aromatic rings. The van der Waals surface area contributed by atoms with Crippen LogP contribution in [0.15, 0.2) is 84.8 Å². The molecule has 0 aromatic heterocycles. The van der Waals surface area contributed by atoms with E-state index in [0.717, 1.165) is 12.1 Å². The number of ether oxygens (including phenoxy) is 1. The van der Waals surface area contributed by atoms with Gasteiger partial charge in [0.05, 0.1) is 6.85 Å². The zero-order valence-electron chi connectivity index (χ0n) is 22.2. The van der Waals surface area contributed by atoms with Crippen molar-refractivity contribution in [2.45, 2.75) is 24.9 Å². The number of aliphatic hydroxyl groups is 1. The number of hydrogen-bond donors (Lipinski definition) is 1. The number of rotatable bonds is 9. The maximum absolute atomic E-state index is 12.4. The van der Waals surface area contributed by atoms with Crippen LogP contribution < -0.4 is 4.74 Å². The summed E-state index contributed by atoms with van der Waals surface area (Å²) in [6.07, 6.45) is 0.476. The van der Waals surface area contributed by atoms with Crippen molar-refractivity contribution in [3.63, 3.8) is 0 Å². The van der Waals surface area contributed by atoms with Gasteiger partial charge in [-0.05, 0) is 49.3 Å². The summed E-state index contributed by atoms with van der Waals surface area (Å²) in [5.41, 5.74) is -0.756. The fraction of sp³-hybridized carbons (Fsp3) is 0.308. The monoisotopic (exact) mass is 394 g/mol. The molecule has 0 aliphatic rings. The van der Waals surface area contributed by atoms with Crippen LogP contribution in [0.4, 0.5) is 0 Å². The molecular weight excluding hydrogens is 358 g/mol. The van der Waals surface area contributed by atoms with E-state index >= 15 is 0 Å². The molecule has 2 atom stereocenters. The summed E-state index contributed by atoms with van der Waals surface area (Å²) >= 11 is 0. The Morgan fingerprint density at radius 2 is 1.62 bits per heavy atom. The van der Waals surface area contributed by atoms with E-state index in [-0.39, 0.29) is 5.56 Å². The molecule has 0 amide bonds. The maximum atomic E-state index is 12.4. The lowest BCUT2D eigenvalue weighted by molar-refractivity contribution is 0.0476. The maximum Gasteiger partial charge on any atom is 0.121 e. The zero-order chi connectivity index (χ0) is 25.0. The van der Waals surface area contributed by atoms with Gasteiger partial charge in [-0.15, -0.1) is 0 Å². The Morgan fingerprint density at radius 1 is 0.966 bits per heavy atom. The molecule has 0 aliphatic heterocycles. The Labute approximate surface area is 181 Å². The lowest BCUT2D eigenvalue weighted by atomic mass is 9.72. The molecular formula is C26H31NO2. The average molecular weight is 395 g/mol. The van der Waals surface area contributed by atoms with E-state index in [1.165, 1.54) is 0 Å². The van der Waals surface area contributed by atoms with Crippen LogP contribution in [0.2, 0.25) is 0 Å². The SMILES string of the molecule is [2H]c1c([2H])c([2H])c(C(O)(c2ccc(OCCN(C)C)cc2)C(CC)c2ccccc2)c([2H])c1[2H]. The van der Waals surface area contributed by atoms with Crippen LogP contribution in [0.5, 0.6) is 5.75 Å². The highest BCUT2D eigenvalue weighted by molar-refractivity contribution is 5.43. The van der Waals surface area contributed by atoms with Gasteiger partial charge >= 0.3 is 0 Å². The summed E-state index contributed by atoms with van der Waals surface area (Å²) in [6.45, 7) is 3.16.